The van der Waals surface area contributed by atoms with Gasteiger partial charge < -0.3 is 20.4 Å². The molecule has 8 heteroatoms. The lowest BCUT2D eigenvalue weighted by atomic mass is 9.85. The van der Waals surface area contributed by atoms with Crippen molar-refractivity contribution in [3.05, 3.63) is 36.0 Å². The Hall–Kier alpha value is -2.32. The predicted molar refractivity (Wildman–Crippen MR) is 134 cm³/mol. The zero-order chi connectivity index (χ0) is 23.2. The van der Waals surface area contributed by atoms with Crippen molar-refractivity contribution in [3.8, 4) is 0 Å². The maximum atomic E-state index is 5.09. The van der Waals surface area contributed by atoms with Crippen LogP contribution in [0.2, 0.25) is 0 Å². The topological polar surface area (TPSA) is 82.1 Å². The summed E-state index contributed by atoms with van der Waals surface area (Å²) in [7, 11) is 0. The molecule has 6 atom stereocenters. The van der Waals surface area contributed by atoms with Crippen molar-refractivity contribution < 1.29 is 0 Å². The van der Waals surface area contributed by atoms with Crippen molar-refractivity contribution >= 4 is 11.8 Å². The van der Waals surface area contributed by atoms with E-state index in [1.165, 1.54) is 12.1 Å². The molecule has 34 heavy (non-hydrogen) atoms. The average molecular weight is 463 g/mol. The first kappa shape index (κ1) is 22.2. The Balaban J connectivity index is 1.18. The molecule has 0 aliphatic carbocycles. The molecule has 4 saturated heterocycles. The Morgan fingerprint density at radius 3 is 2.71 bits per heavy atom. The number of hydrogen-bond donors (Lipinski definition) is 2. The van der Waals surface area contributed by atoms with E-state index >= 15 is 0 Å². The highest BCUT2D eigenvalue weighted by molar-refractivity contribution is 5.42. The van der Waals surface area contributed by atoms with Crippen molar-refractivity contribution in [3.63, 3.8) is 0 Å². The Bertz CT molecular complexity index is 1010. The van der Waals surface area contributed by atoms with Gasteiger partial charge in [-0.2, -0.15) is 0 Å². The van der Waals surface area contributed by atoms with Crippen LogP contribution in [0.1, 0.15) is 56.8 Å². The lowest BCUT2D eigenvalue weighted by Gasteiger charge is -2.25. The van der Waals surface area contributed by atoms with Gasteiger partial charge in [0.05, 0.1) is 11.9 Å². The molecule has 6 rings (SSSR count). The van der Waals surface area contributed by atoms with Crippen LogP contribution >= 0.6 is 0 Å². The minimum Gasteiger partial charge on any atom is -0.350 e. The monoisotopic (exact) mass is 462 g/mol. The second-order valence-electron chi connectivity index (χ2n) is 11.1. The van der Waals surface area contributed by atoms with Gasteiger partial charge in [-0.1, -0.05) is 20.8 Å². The summed E-state index contributed by atoms with van der Waals surface area (Å²) in [6, 6.07) is 3.19. The van der Waals surface area contributed by atoms with Crippen LogP contribution in [0.5, 0.6) is 0 Å². The van der Waals surface area contributed by atoms with E-state index in [9.17, 15) is 0 Å². The van der Waals surface area contributed by atoms with E-state index in [0.717, 1.165) is 69.1 Å². The van der Waals surface area contributed by atoms with Gasteiger partial charge >= 0.3 is 0 Å². The predicted octanol–water partition coefficient (Wildman–Crippen LogP) is 2.41. The molecule has 2 aromatic heterocycles. The summed E-state index contributed by atoms with van der Waals surface area (Å²) in [6.07, 6.45) is 8.21. The highest BCUT2D eigenvalue weighted by atomic mass is 15.3. The number of nitrogens with one attached hydrogen (secondary N) is 2. The molecular formula is C26H38N8. The number of hydrogen-bond acceptors (Lipinski definition) is 8. The van der Waals surface area contributed by atoms with E-state index in [4.69, 9.17) is 9.97 Å². The fraction of sp³-hybridized carbons (Fsp3) is 0.692. The molecule has 2 aromatic rings. The fourth-order valence-electron chi connectivity index (χ4n) is 6.78. The largest absolute Gasteiger partial charge is 0.350 e. The van der Waals surface area contributed by atoms with E-state index < -0.39 is 0 Å². The van der Waals surface area contributed by atoms with Gasteiger partial charge in [0.1, 0.15) is 5.82 Å². The highest BCUT2D eigenvalue weighted by Crippen LogP contribution is 2.40. The first-order valence-electron chi connectivity index (χ1n) is 13.2. The second-order valence-corrected chi connectivity index (χ2v) is 11.1. The van der Waals surface area contributed by atoms with Crippen molar-refractivity contribution in [2.45, 2.75) is 57.5 Å². The maximum absolute atomic E-state index is 5.09. The third kappa shape index (κ3) is 3.94. The normalized spacial score (nSPS) is 31.4. The molecule has 4 unspecified atom stereocenters. The van der Waals surface area contributed by atoms with Gasteiger partial charge in [-0.05, 0) is 48.5 Å². The average Bonchev–Trinajstić information content (AvgIpc) is 3.62. The molecule has 0 radical (unpaired) electrons. The van der Waals surface area contributed by atoms with Crippen LogP contribution in [0.25, 0.3) is 0 Å². The molecule has 0 aromatic carbocycles. The first-order chi connectivity index (χ1) is 16.6. The maximum Gasteiger partial charge on any atom is 0.225 e. The van der Waals surface area contributed by atoms with Crippen molar-refractivity contribution in [2.24, 2.45) is 17.8 Å². The lowest BCUT2D eigenvalue weighted by molar-refractivity contribution is 0.370. The first-order valence-corrected chi connectivity index (χ1v) is 13.2. The third-order valence-corrected chi connectivity index (χ3v) is 8.72. The van der Waals surface area contributed by atoms with Crippen LogP contribution in [0.4, 0.5) is 11.8 Å². The van der Waals surface area contributed by atoms with E-state index in [-0.39, 0.29) is 0 Å². The Morgan fingerprint density at radius 2 is 1.82 bits per heavy atom. The zero-order valence-electron chi connectivity index (χ0n) is 20.7. The molecular weight excluding hydrogens is 424 g/mol. The standard InChI is InChI=1S/C26H38N8/c1-16(2)22-11-29-14-25(31-22)34-15-19(20-10-28-13-24(20)34)8-17(3)21-4-6-30-26(32-21)33-7-5-18-9-27-12-23(18)33/h4,6,11,14,16-20,23-24,27-28H,5,7-10,12-13,15H2,1-3H3/t17?,18-,19?,20?,23+,24?/m0/s1. The van der Waals surface area contributed by atoms with Gasteiger partial charge in [-0.15, -0.1) is 0 Å². The zero-order valence-corrected chi connectivity index (χ0v) is 20.7. The number of rotatable bonds is 6. The molecule has 4 aliphatic heterocycles. The number of aromatic nitrogens is 4. The number of nitrogens with zero attached hydrogens (tertiary/aromatic N) is 6. The van der Waals surface area contributed by atoms with Crippen LogP contribution in [-0.4, -0.2) is 71.3 Å². The molecule has 0 bridgehead atoms. The fourth-order valence-corrected chi connectivity index (χ4v) is 6.78. The Kier molecular flexibility index (Phi) is 5.89. The summed E-state index contributed by atoms with van der Waals surface area (Å²) >= 11 is 0. The summed E-state index contributed by atoms with van der Waals surface area (Å²) in [4.78, 5) is 24.2. The van der Waals surface area contributed by atoms with Gasteiger partial charge in [0.2, 0.25) is 5.95 Å². The smallest absolute Gasteiger partial charge is 0.225 e. The van der Waals surface area contributed by atoms with Gasteiger partial charge in [0, 0.05) is 69.4 Å². The van der Waals surface area contributed by atoms with Crippen LogP contribution in [-0.2, 0) is 0 Å². The summed E-state index contributed by atoms with van der Waals surface area (Å²) in [5.74, 6) is 4.78. The van der Waals surface area contributed by atoms with Crippen molar-refractivity contribution in [1.82, 2.24) is 30.6 Å². The van der Waals surface area contributed by atoms with Crippen molar-refractivity contribution in [1.29, 1.82) is 0 Å². The third-order valence-electron chi connectivity index (χ3n) is 8.72. The van der Waals surface area contributed by atoms with Gasteiger partial charge in [0.25, 0.3) is 0 Å². The number of fused-ring (bicyclic) bond motifs is 2. The quantitative estimate of drug-likeness (QED) is 0.677. The lowest BCUT2D eigenvalue weighted by Crippen LogP contribution is -2.35. The Morgan fingerprint density at radius 1 is 0.971 bits per heavy atom. The van der Waals surface area contributed by atoms with Crippen LogP contribution in [0.3, 0.4) is 0 Å². The summed E-state index contributed by atoms with van der Waals surface area (Å²) in [6.45, 7) is 13.2. The Labute approximate surface area is 203 Å². The molecule has 0 saturated carbocycles. The van der Waals surface area contributed by atoms with Crippen LogP contribution in [0.15, 0.2) is 24.7 Å². The second kappa shape index (κ2) is 9.04. The molecule has 4 fully saturated rings. The summed E-state index contributed by atoms with van der Waals surface area (Å²) in [5, 5.41) is 7.18. The molecule has 2 N–H and O–H groups in total. The minimum atomic E-state index is 0.390. The molecule has 6 heterocycles. The van der Waals surface area contributed by atoms with E-state index in [1.54, 1.807) is 0 Å². The van der Waals surface area contributed by atoms with Gasteiger partial charge in [-0.3, -0.25) is 4.98 Å². The molecule has 4 aliphatic rings. The summed E-state index contributed by atoms with van der Waals surface area (Å²) in [5.41, 5.74) is 2.26. The number of anilines is 2. The highest BCUT2D eigenvalue weighted by Gasteiger charge is 2.45. The molecule has 0 spiro atoms. The van der Waals surface area contributed by atoms with E-state index in [1.807, 2.05) is 18.6 Å². The van der Waals surface area contributed by atoms with Gasteiger partial charge in [-0.25, -0.2) is 15.0 Å². The van der Waals surface area contributed by atoms with E-state index in [0.29, 0.717) is 35.8 Å². The van der Waals surface area contributed by atoms with Crippen LogP contribution in [0, 0.1) is 17.8 Å². The summed E-state index contributed by atoms with van der Waals surface area (Å²) < 4.78 is 0. The van der Waals surface area contributed by atoms with Gasteiger partial charge in [0.15, 0.2) is 0 Å². The minimum absolute atomic E-state index is 0.390. The van der Waals surface area contributed by atoms with E-state index in [2.05, 4.69) is 57.2 Å². The SMILES string of the molecule is CC(C)c1cncc(N2CC(CC(C)c3ccnc(N4CC[C@H]5CNC[C@H]54)n3)C3CNCC32)n1. The molecule has 0 amide bonds. The van der Waals surface area contributed by atoms with Crippen LogP contribution < -0.4 is 20.4 Å². The van der Waals surface area contributed by atoms with Crippen molar-refractivity contribution in [2.75, 3.05) is 49.1 Å². The molecule has 182 valence electrons. The molecule has 8 nitrogen and oxygen atoms in total.